The second-order valence-corrected chi connectivity index (χ2v) is 8.42. The molecular weight excluding hydrogens is 444 g/mol. The number of hydrogen-bond acceptors (Lipinski definition) is 2. The number of benzene rings is 4. The molecule has 0 aliphatic rings. The predicted molar refractivity (Wildman–Crippen MR) is 132 cm³/mol. The first-order chi connectivity index (χ1) is 15.3. The van der Waals surface area contributed by atoms with Crippen LogP contribution in [0.15, 0.2) is 126 Å². The van der Waals surface area contributed by atoms with Crippen molar-refractivity contribution in [2.45, 2.75) is 5.54 Å². The van der Waals surface area contributed by atoms with Crippen molar-refractivity contribution in [2.75, 3.05) is 5.32 Å². The molecular formula is C28H21BrN2. The Labute approximate surface area is 190 Å². The molecule has 1 N–H and O–H groups in total. The summed E-state index contributed by atoms with van der Waals surface area (Å²) in [6.45, 7) is 0. The van der Waals surface area contributed by atoms with E-state index in [1.54, 1.807) is 0 Å². The number of halogens is 1. The van der Waals surface area contributed by atoms with Crippen molar-refractivity contribution in [1.82, 2.24) is 4.98 Å². The van der Waals surface area contributed by atoms with E-state index in [0.717, 1.165) is 37.9 Å². The molecule has 150 valence electrons. The van der Waals surface area contributed by atoms with Crippen molar-refractivity contribution in [1.29, 1.82) is 0 Å². The van der Waals surface area contributed by atoms with E-state index in [2.05, 4.69) is 137 Å². The molecule has 0 atom stereocenters. The van der Waals surface area contributed by atoms with Gasteiger partial charge in [-0.05, 0) is 41.0 Å². The highest BCUT2D eigenvalue weighted by Gasteiger charge is 2.36. The first-order valence-electron chi connectivity index (χ1n) is 10.3. The maximum Gasteiger partial charge on any atom is 0.127 e. The lowest BCUT2D eigenvalue weighted by Gasteiger charge is -2.37. The van der Waals surface area contributed by atoms with E-state index in [-0.39, 0.29) is 0 Å². The highest BCUT2D eigenvalue weighted by Crippen LogP contribution is 2.39. The lowest BCUT2D eigenvalue weighted by molar-refractivity contribution is 0.707. The highest BCUT2D eigenvalue weighted by atomic mass is 79.9. The summed E-state index contributed by atoms with van der Waals surface area (Å²) in [5.41, 5.74) is 3.83. The van der Waals surface area contributed by atoms with Crippen LogP contribution in [0.25, 0.3) is 10.9 Å². The molecule has 0 radical (unpaired) electrons. The first-order valence-corrected chi connectivity index (χ1v) is 11.1. The van der Waals surface area contributed by atoms with E-state index in [9.17, 15) is 0 Å². The van der Waals surface area contributed by atoms with Crippen LogP contribution in [-0.4, -0.2) is 4.98 Å². The van der Waals surface area contributed by atoms with E-state index in [1.165, 1.54) is 0 Å². The molecule has 1 aromatic heterocycles. The molecule has 31 heavy (non-hydrogen) atoms. The molecule has 4 aromatic carbocycles. The Kier molecular flexibility index (Phi) is 5.27. The highest BCUT2D eigenvalue weighted by molar-refractivity contribution is 9.10. The summed E-state index contributed by atoms with van der Waals surface area (Å²) in [5.74, 6) is 0.821. The summed E-state index contributed by atoms with van der Waals surface area (Å²) in [6, 6.07) is 42.0. The number of fused-ring (bicyclic) bond motifs is 1. The van der Waals surface area contributed by atoms with Gasteiger partial charge >= 0.3 is 0 Å². The molecule has 1 heterocycles. The largest absolute Gasteiger partial charge is 0.353 e. The molecule has 0 bridgehead atoms. The molecule has 0 aliphatic heterocycles. The molecule has 5 aromatic rings. The quantitative estimate of drug-likeness (QED) is 0.274. The van der Waals surface area contributed by atoms with Crippen molar-refractivity contribution in [3.8, 4) is 0 Å². The van der Waals surface area contributed by atoms with Gasteiger partial charge in [0.05, 0.1) is 5.52 Å². The van der Waals surface area contributed by atoms with Crippen LogP contribution in [0.5, 0.6) is 0 Å². The molecule has 0 fully saturated rings. The number of nitrogens with zero attached hydrogens (tertiary/aromatic N) is 1. The average molecular weight is 465 g/mol. The molecule has 0 amide bonds. The lowest BCUT2D eigenvalue weighted by atomic mass is 9.77. The van der Waals surface area contributed by atoms with Gasteiger partial charge in [0, 0.05) is 9.86 Å². The second kappa shape index (κ2) is 8.37. The average Bonchev–Trinajstić information content (AvgIpc) is 2.84. The van der Waals surface area contributed by atoms with Crippen LogP contribution in [-0.2, 0) is 5.54 Å². The van der Waals surface area contributed by atoms with Gasteiger partial charge in [-0.25, -0.2) is 4.98 Å². The fraction of sp³-hybridized carbons (Fsp3) is 0.0357. The minimum absolute atomic E-state index is 0.587. The Bertz CT molecular complexity index is 1210. The molecule has 0 saturated heterocycles. The zero-order chi connectivity index (χ0) is 21.1. The lowest BCUT2D eigenvalue weighted by Crippen LogP contribution is -2.38. The van der Waals surface area contributed by atoms with Gasteiger partial charge < -0.3 is 5.32 Å². The number of hydrogen-bond donors (Lipinski definition) is 1. The van der Waals surface area contributed by atoms with E-state index in [0.29, 0.717) is 0 Å². The SMILES string of the molecule is Brc1ccc2ccc(NC(c3ccccc3)(c3ccccc3)c3ccccc3)nc2c1. The van der Waals surface area contributed by atoms with Crippen LogP contribution >= 0.6 is 15.9 Å². The minimum Gasteiger partial charge on any atom is -0.353 e. The van der Waals surface area contributed by atoms with Gasteiger partial charge in [-0.1, -0.05) is 113 Å². The third-order valence-corrected chi connectivity index (χ3v) is 6.08. The summed E-state index contributed by atoms with van der Waals surface area (Å²) >= 11 is 3.57. The van der Waals surface area contributed by atoms with Crippen LogP contribution in [0.3, 0.4) is 0 Å². The second-order valence-electron chi connectivity index (χ2n) is 7.51. The third-order valence-electron chi connectivity index (χ3n) is 5.59. The Morgan fingerprint density at radius 2 is 1.06 bits per heavy atom. The van der Waals surface area contributed by atoms with Crippen LogP contribution in [0.1, 0.15) is 16.7 Å². The van der Waals surface area contributed by atoms with E-state index in [1.807, 2.05) is 6.07 Å². The number of nitrogens with one attached hydrogen (secondary N) is 1. The minimum atomic E-state index is -0.587. The van der Waals surface area contributed by atoms with Crippen molar-refractivity contribution in [3.63, 3.8) is 0 Å². The summed E-state index contributed by atoms with van der Waals surface area (Å²) in [4.78, 5) is 4.96. The number of rotatable bonds is 5. The Hall–Kier alpha value is -3.43. The zero-order valence-electron chi connectivity index (χ0n) is 16.9. The van der Waals surface area contributed by atoms with Crippen molar-refractivity contribution < 1.29 is 0 Å². The van der Waals surface area contributed by atoms with Crippen molar-refractivity contribution in [3.05, 3.63) is 142 Å². The van der Waals surface area contributed by atoms with Gasteiger partial charge in [-0.15, -0.1) is 0 Å². The third kappa shape index (κ3) is 3.73. The van der Waals surface area contributed by atoms with Crippen LogP contribution in [0.2, 0.25) is 0 Å². The summed E-state index contributed by atoms with van der Waals surface area (Å²) in [6.07, 6.45) is 0. The normalized spacial score (nSPS) is 11.4. The summed E-state index contributed by atoms with van der Waals surface area (Å²) in [7, 11) is 0. The molecule has 0 aliphatic carbocycles. The fourth-order valence-electron chi connectivity index (χ4n) is 4.13. The maximum absolute atomic E-state index is 4.96. The van der Waals surface area contributed by atoms with Crippen LogP contribution in [0, 0.1) is 0 Å². The molecule has 3 heteroatoms. The van der Waals surface area contributed by atoms with Gasteiger partial charge in [0.2, 0.25) is 0 Å². The number of pyridine rings is 1. The summed E-state index contributed by atoms with van der Waals surface area (Å²) < 4.78 is 1.02. The van der Waals surface area contributed by atoms with Crippen LogP contribution < -0.4 is 5.32 Å². The molecule has 0 saturated carbocycles. The van der Waals surface area contributed by atoms with Crippen molar-refractivity contribution >= 4 is 32.7 Å². The maximum atomic E-state index is 4.96. The Morgan fingerprint density at radius 3 is 1.58 bits per heavy atom. The fourth-order valence-corrected chi connectivity index (χ4v) is 4.48. The smallest absolute Gasteiger partial charge is 0.127 e. The molecule has 0 spiro atoms. The number of aromatic nitrogens is 1. The monoisotopic (exact) mass is 464 g/mol. The Balaban J connectivity index is 1.76. The number of anilines is 1. The molecule has 0 unspecified atom stereocenters. The van der Waals surface area contributed by atoms with E-state index in [4.69, 9.17) is 4.98 Å². The Morgan fingerprint density at radius 1 is 0.581 bits per heavy atom. The standard InChI is InChI=1S/C28H21BrN2/c29-25-18-16-21-17-19-27(30-26(21)20-25)31-28(22-10-4-1-5-11-22,23-12-6-2-7-13-23)24-14-8-3-9-15-24/h1-20H,(H,30,31). The van der Waals surface area contributed by atoms with E-state index >= 15 is 0 Å². The first kappa shape index (κ1) is 19.5. The van der Waals surface area contributed by atoms with Gasteiger partial charge in [0.25, 0.3) is 0 Å². The van der Waals surface area contributed by atoms with E-state index < -0.39 is 5.54 Å². The van der Waals surface area contributed by atoms with Crippen LogP contribution in [0.4, 0.5) is 5.82 Å². The van der Waals surface area contributed by atoms with Gasteiger partial charge in [-0.3, -0.25) is 0 Å². The van der Waals surface area contributed by atoms with Crippen molar-refractivity contribution in [2.24, 2.45) is 0 Å². The predicted octanol–water partition coefficient (Wildman–Crippen LogP) is 7.40. The summed E-state index contributed by atoms with van der Waals surface area (Å²) in [5, 5.41) is 4.94. The molecule has 5 rings (SSSR count). The zero-order valence-corrected chi connectivity index (χ0v) is 18.5. The molecule has 2 nitrogen and oxygen atoms in total. The topological polar surface area (TPSA) is 24.9 Å². The van der Waals surface area contributed by atoms with Gasteiger partial charge in [0.1, 0.15) is 11.4 Å². The van der Waals surface area contributed by atoms with Gasteiger partial charge in [0.15, 0.2) is 0 Å². The van der Waals surface area contributed by atoms with Gasteiger partial charge in [-0.2, -0.15) is 0 Å².